The number of carbonyl (C=O) groups is 1. The van der Waals surface area contributed by atoms with E-state index in [9.17, 15) is 4.79 Å². The van der Waals surface area contributed by atoms with Gasteiger partial charge in [-0.3, -0.25) is 4.79 Å². The topological polar surface area (TPSA) is 75.3 Å². The summed E-state index contributed by atoms with van der Waals surface area (Å²) in [5, 5.41) is 12.3. The van der Waals surface area contributed by atoms with Crippen LogP contribution >= 0.6 is 0 Å². The Kier molecular flexibility index (Phi) is 4.38. The van der Waals surface area contributed by atoms with E-state index in [1.807, 2.05) is 43.3 Å². The SMILES string of the molecule is Cc1cc(NCc2ccc(CO)cc2)ccc1C(N)=O. The number of hydrogen-bond donors (Lipinski definition) is 3. The van der Waals surface area contributed by atoms with Gasteiger partial charge in [-0.1, -0.05) is 24.3 Å². The molecule has 104 valence electrons. The van der Waals surface area contributed by atoms with Gasteiger partial charge >= 0.3 is 0 Å². The Labute approximate surface area is 118 Å². The number of nitrogens with one attached hydrogen (secondary N) is 1. The van der Waals surface area contributed by atoms with Crippen molar-refractivity contribution in [3.8, 4) is 0 Å². The van der Waals surface area contributed by atoms with Gasteiger partial charge in [0.05, 0.1) is 6.61 Å². The van der Waals surface area contributed by atoms with Crippen LogP contribution in [0.1, 0.15) is 27.0 Å². The van der Waals surface area contributed by atoms with Crippen LogP contribution in [0.4, 0.5) is 5.69 Å². The number of nitrogens with two attached hydrogens (primary N) is 1. The number of aliphatic hydroxyl groups excluding tert-OH is 1. The third-order valence-electron chi connectivity index (χ3n) is 3.19. The van der Waals surface area contributed by atoms with Gasteiger partial charge in [-0.2, -0.15) is 0 Å². The molecule has 0 saturated carbocycles. The van der Waals surface area contributed by atoms with Gasteiger partial charge in [-0.25, -0.2) is 0 Å². The third kappa shape index (κ3) is 3.36. The van der Waals surface area contributed by atoms with Crippen molar-refractivity contribution in [1.29, 1.82) is 0 Å². The molecule has 0 radical (unpaired) electrons. The number of benzene rings is 2. The first-order valence-electron chi connectivity index (χ1n) is 6.43. The first-order chi connectivity index (χ1) is 9.60. The Bertz CT molecular complexity index is 606. The van der Waals surface area contributed by atoms with Crippen LogP contribution in [0, 0.1) is 6.92 Å². The summed E-state index contributed by atoms with van der Waals surface area (Å²) in [5.74, 6) is -0.409. The normalized spacial score (nSPS) is 10.3. The molecule has 0 aliphatic carbocycles. The Morgan fingerprint density at radius 1 is 1.15 bits per heavy atom. The molecule has 1 amide bonds. The lowest BCUT2D eigenvalue weighted by Gasteiger charge is -2.09. The molecular weight excluding hydrogens is 252 g/mol. The minimum absolute atomic E-state index is 0.0570. The van der Waals surface area contributed by atoms with Crippen molar-refractivity contribution in [3.63, 3.8) is 0 Å². The third-order valence-corrected chi connectivity index (χ3v) is 3.19. The van der Waals surface area contributed by atoms with Gasteiger partial charge in [-0.05, 0) is 41.8 Å². The summed E-state index contributed by atoms with van der Waals surface area (Å²) in [6, 6.07) is 13.2. The molecule has 0 heterocycles. The van der Waals surface area contributed by atoms with Gasteiger partial charge < -0.3 is 16.2 Å². The van der Waals surface area contributed by atoms with Crippen LogP contribution in [0.15, 0.2) is 42.5 Å². The second-order valence-electron chi connectivity index (χ2n) is 4.72. The lowest BCUT2D eigenvalue weighted by Crippen LogP contribution is -2.12. The highest BCUT2D eigenvalue weighted by Crippen LogP contribution is 2.16. The van der Waals surface area contributed by atoms with Crippen LogP contribution in [-0.4, -0.2) is 11.0 Å². The summed E-state index contributed by atoms with van der Waals surface area (Å²) in [5.41, 5.74) is 9.65. The summed E-state index contributed by atoms with van der Waals surface area (Å²) in [4.78, 5) is 11.2. The first kappa shape index (κ1) is 14.1. The molecule has 0 atom stereocenters. The molecule has 2 aromatic carbocycles. The van der Waals surface area contributed by atoms with E-state index in [2.05, 4.69) is 5.32 Å². The molecule has 0 unspecified atom stereocenters. The molecule has 2 rings (SSSR count). The molecule has 0 spiro atoms. The predicted molar refractivity (Wildman–Crippen MR) is 79.4 cm³/mol. The van der Waals surface area contributed by atoms with Crippen LogP contribution in [-0.2, 0) is 13.2 Å². The van der Waals surface area contributed by atoms with Gasteiger partial charge in [0.15, 0.2) is 0 Å². The molecule has 0 saturated heterocycles. The molecular formula is C16H18N2O2. The van der Waals surface area contributed by atoms with Crippen molar-refractivity contribution in [3.05, 3.63) is 64.7 Å². The molecule has 0 aliphatic heterocycles. The fourth-order valence-electron chi connectivity index (χ4n) is 2.02. The number of primary amides is 1. The average Bonchev–Trinajstić information content (AvgIpc) is 2.45. The molecule has 0 aliphatic rings. The highest BCUT2D eigenvalue weighted by Gasteiger charge is 2.05. The van der Waals surface area contributed by atoms with Gasteiger partial charge in [0.25, 0.3) is 0 Å². The van der Waals surface area contributed by atoms with Crippen molar-refractivity contribution < 1.29 is 9.90 Å². The number of aryl methyl sites for hydroxylation is 1. The minimum atomic E-state index is -0.409. The van der Waals surface area contributed by atoms with E-state index in [4.69, 9.17) is 10.8 Å². The Hall–Kier alpha value is -2.33. The molecule has 0 fully saturated rings. The smallest absolute Gasteiger partial charge is 0.248 e. The van der Waals surface area contributed by atoms with Crippen LogP contribution < -0.4 is 11.1 Å². The summed E-state index contributed by atoms with van der Waals surface area (Å²) >= 11 is 0. The Morgan fingerprint density at radius 2 is 1.80 bits per heavy atom. The molecule has 4 nitrogen and oxygen atoms in total. The predicted octanol–water partition coefficient (Wildman–Crippen LogP) is 2.20. The second-order valence-corrected chi connectivity index (χ2v) is 4.72. The van der Waals surface area contributed by atoms with Crippen molar-refractivity contribution in [2.45, 2.75) is 20.1 Å². The zero-order chi connectivity index (χ0) is 14.5. The first-order valence-corrected chi connectivity index (χ1v) is 6.43. The van der Waals surface area contributed by atoms with E-state index in [0.717, 1.165) is 22.4 Å². The lowest BCUT2D eigenvalue weighted by molar-refractivity contribution is 0.0999. The van der Waals surface area contributed by atoms with Crippen molar-refractivity contribution in [1.82, 2.24) is 0 Å². The van der Waals surface area contributed by atoms with Crippen LogP contribution in [0.2, 0.25) is 0 Å². The molecule has 20 heavy (non-hydrogen) atoms. The van der Waals surface area contributed by atoms with Gasteiger partial charge in [-0.15, -0.1) is 0 Å². The summed E-state index contributed by atoms with van der Waals surface area (Å²) in [6.45, 7) is 2.60. The zero-order valence-electron chi connectivity index (χ0n) is 11.4. The number of hydrogen-bond acceptors (Lipinski definition) is 3. The molecule has 0 bridgehead atoms. The maximum atomic E-state index is 11.2. The number of rotatable bonds is 5. The highest BCUT2D eigenvalue weighted by atomic mass is 16.3. The molecule has 0 aromatic heterocycles. The van der Waals surface area contributed by atoms with E-state index in [0.29, 0.717) is 12.1 Å². The standard InChI is InChI=1S/C16H18N2O2/c1-11-8-14(6-7-15(11)16(17)20)18-9-12-2-4-13(10-19)5-3-12/h2-8,18-19H,9-10H2,1H3,(H2,17,20). The molecule has 4 N–H and O–H groups in total. The van der Waals surface area contributed by atoms with Crippen LogP contribution in [0.25, 0.3) is 0 Å². The minimum Gasteiger partial charge on any atom is -0.392 e. The zero-order valence-corrected chi connectivity index (χ0v) is 11.4. The van der Waals surface area contributed by atoms with Gasteiger partial charge in [0.2, 0.25) is 5.91 Å². The summed E-state index contributed by atoms with van der Waals surface area (Å²) < 4.78 is 0. The lowest BCUT2D eigenvalue weighted by atomic mass is 10.1. The van der Waals surface area contributed by atoms with Crippen LogP contribution in [0.5, 0.6) is 0 Å². The highest BCUT2D eigenvalue weighted by molar-refractivity contribution is 5.94. The Balaban J connectivity index is 2.03. The molecule has 2 aromatic rings. The van der Waals surface area contributed by atoms with Crippen molar-refractivity contribution >= 4 is 11.6 Å². The van der Waals surface area contributed by atoms with E-state index < -0.39 is 5.91 Å². The number of carbonyl (C=O) groups excluding carboxylic acids is 1. The maximum absolute atomic E-state index is 11.2. The fourth-order valence-corrected chi connectivity index (χ4v) is 2.02. The van der Waals surface area contributed by atoms with Crippen molar-refractivity contribution in [2.75, 3.05) is 5.32 Å². The molecule has 4 heteroatoms. The van der Waals surface area contributed by atoms with Crippen molar-refractivity contribution in [2.24, 2.45) is 5.73 Å². The average molecular weight is 270 g/mol. The number of amides is 1. The largest absolute Gasteiger partial charge is 0.392 e. The van der Waals surface area contributed by atoms with Gasteiger partial charge in [0, 0.05) is 17.8 Å². The van der Waals surface area contributed by atoms with Gasteiger partial charge in [0.1, 0.15) is 0 Å². The summed E-state index contributed by atoms with van der Waals surface area (Å²) in [7, 11) is 0. The second kappa shape index (κ2) is 6.21. The van der Waals surface area contributed by atoms with E-state index in [1.165, 1.54) is 0 Å². The quantitative estimate of drug-likeness (QED) is 0.779. The van der Waals surface area contributed by atoms with Crippen LogP contribution in [0.3, 0.4) is 0 Å². The van der Waals surface area contributed by atoms with E-state index in [-0.39, 0.29) is 6.61 Å². The number of aliphatic hydroxyl groups is 1. The monoisotopic (exact) mass is 270 g/mol. The summed E-state index contributed by atoms with van der Waals surface area (Å²) in [6.07, 6.45) is 0. The Morgan fingerprint density at radius 3 is 2.35 bits per heavy atom. The number of anilines is 1. The van der Waals surface area contributed by atoms with E-state index >= 15 is 0 Å². The van der Waals surface area contributed by atoms with E-state index in [1.54, 1.807) is 6.07 Å². The maximum Gasteiger partial charge on any atom is 0.248 e. The fraction of sp³-hybridized carbons (Fsp3) is 0.188.